The molecule has 1 fully saturated rings. The number of benzene rings is 1. The van der Waals surface area contributed by atoms with E-state index >= 15 is 0 Å². The highest BCUT2D eigenvalue weighted by Crippen LogP contribution is 2.22. The van der Waals surface area contributed by atoms with Gasteiger partial charge in [-0.25, -0.2) is 9.78 Å². The average Bonchev–Trinajstić information content (AvgIpc) is 2.69. The van der Waals surface area contributed by atoms with Gasteiger partial charge in [-0.1, -0.05) is 29.3 Å². The number of urea groups is 1. The van der Waals surface area contributed by atoms with Crippen LogP contribution in [0, 0.1) is 0 Å². The summed E-state index contributed by atoms with van der Waals surface area (Å²) in [6.45, 7) is 0.359. The van der Waals surface area contributed by atoms with E-state index in [9.17, 15) is 4.79 Å². The number of rotatable bonds is 6. The van der Waals surface area contributed by atoms with Gasteiger partial charge < -0.3 is 20.9 Å². The molecule has 7 nitrogen and oxygen atoms in total. The summed E-state index contributed by atoms with van der Waals surface area (Å²) in [5.41, 5.74) is 0.832. The van der Waals surface area contributed by atoms with Crippen LogP contribution in [0.15, 0.2) is 30.5 Å². The number of carbonyl (C=O) groups excluding carboxylic acids is 1. The lowest BCUT2D eigenvalue weighted by molar-refractivity contribution is 0.231. The molecule has 3 rings (SSSR count). The highest BCUT2D eigenvalue weighted by atomic mass is 35.5. The van der Waals surface area contributed by atoms with Crippen molar-refractivity contribution in [1.82, 2.24) is 20.6 Å². The van der Waals surface area contributed by atoms with Gasteiger partial charge in [0.1, 0.15) is 5.82 Å². The van der Waals surface area contributed by atoms with Crippen molar-refractivity contribution < 1.29 is 4.79 Å². The van der Waals surface area contributed by atoms with Crippen LogP contribution in [0.25, 0.3) is 0 Å². The maximum absolute atomic E-state index is 12.2. The normalized spacial score (nSPS) is 18.8. The first-order valence-corrected chi connectivity index (χ1v) is 10.4. The SMILES string of the molecule is CN(C)c1ccnc(NC2CCC(NC(=O)NCc3ccc(Cl)cc3Cl)CC2)n1. The van der Waals surface area contributed by atoms with Gasteiger partial charge in [-0.2, -0.15) is 4.98 Å². The van der Waals surface area contributed by atoms with Crippen molar-refractivity contribution >= 4 is 41.0 Å². The van der Waals surface area contributed by atoms with Crippen LogP contribution < -0.4 is 20.9 Å². The number of anilines is 2. The van der Waals surface area contributed by atoms with E-state index < -0.39 is 0 Å². The lowest BCUT2D eigenvalue weighted by Gasteiger charge is -2.29. The van der Waals surface area contributed by atoms with Crippen LogP contribution in [0.3, 0.4) is 0 Å². The summed E-state index contributed by atoms with van der Waals surface area (Å²) < 4.78 is 0. The van der Waals surface area contributed by atoms with E-state index in [0.29, 0.717) is 28.6 Å². The summed E-state index contributed by atoms with van der Waals surface area (Å²) in [5.74, 6) is 1.51. The fourth-order valence-corrected chi connectivity index (χ4v) is 3.78. The Hall–Kier alpha value is -2.25. The highest BCUT2D eigenvalue weighted by Gasteiger charge is 2.23. The summed E-state index contributed by atoms with van der Waals surface area (Å²) in [6.07, 6.45) is 5.46. The lowest BCUT2D eigenvalue weighted by Crippen LogP contribution is -2.44. The standard InChI is InChI=1S/C20H26Cl2N6O/c1-28(2)18-9-10-23-19(27-18)25-15-5-7-16(8-6-15)26-20(29)24-12-13-3-4-14(21)11-17(13)22/h3-4,9-11,15-16H,5-8,12H2,1-2H3,(H,23,25,27)(H2,24,26,29). The minimum atomic E-state index is -0.186. The van der Waals surface area contributed by atoms with Crippen molar-refractivity contribution in [2.75, 3.05) is 24.3 Å². The van der Waals surface area contributed by atoms with Crippen LogP contribution in [0.2, 0.25) is 10.0 Å². The predicted octanol–water partition coefficient (Wildman–Crippen LogP) is 4.07. The van der Waals surface area contributed by atoms with Crippen molar-refractivity contribution in [1.29, 1.82) is 0 Å². The Morgan fingerprint density at radius 3 is 2.55 bits per heavy atom. The second-order valence-electron chi connectivity index (χ2n) is 7.39. The van der Waals surface area contributed by atoms with E-state index in [0.717, 1.165) is 37.1 Å². The molecule has 1 aromatic heterocycles. The van der Waals surface area contributed by atoms with Gasteiger partial charge in [-0.3, -0.25) is 0 Å². The minimum Gasteiger partial charge on any atom is -0.363 e. The van der Waals surface area contributed by atoms with Gasteiger partial charge >= 0.3 is 6.03 Å². The van der Waals surface area contributed by atoms with Crippen LogP contribution in [0.1, 0.15) is 31.2 Å². The Bertz CT molecular complexity index is 839. The number of hydrogen-bond acceptors (Lipinski definition) is 5. The fourth-order valence-electron chi connectivity index (χ4n) is 3.31. The highest BCUT2D eigenvalue weighted by molar-refractivity contribution is 6.35. The third-order valence-electron chi connectivity index (χ3n) is 4.95. The van der Waals surface area contributed by atoms with E-state index in [-0.39, 0.29) is 12.1 Å². The molecular weight excluding hydrogens is 411 g/mol. The molecule has 29 heavy (non-hydrogen) atoms. The molecule has 1 saturated carbocycles. The van der Waals surface area contributed by atoms with E-state index in [2.05, 4.69) is 25.9 Å². The van der Waals surface area contributed by atoms with Gasteiger partial charge in [0.2, 0.25) is 5.95 Å². The number of hydrogen-bond donors (Lipinski definition) is 3. The Morgan fingerprint density at radius 2 is 1.86 bits per heavy atom. The first-order valence-electron chi connectivity index (χ1n) is 9.66. The van der Waals surface area contributed by atoms with Gasteiger partial charge in [0, 0.05) is 49.0 Å². The molecule has 9 heteroatoms. The number of carbonyl (C=O) groups is 1. The molecule has 1 heterocycles. The van der Waals surface area contributed by atoms with Gasteiger partial charge in [0.05, 0.1) is 0 Å². The maximum atomic E-state index is 12.2. The van der Waals surface area contributed by atoms with E-state index in [1.807, 2.05) is 31.1 Å². The van der Waals surface area contributed by atoms with Gasteiger partial charge in [0.25, 0.3) is 0 Å². The molecule has 1 aromatic carbocycles. The molecule has 1 aliphatic carbocycles. The molecule has 0 spiro atoms. The zero-order chi connectivity index (χ0) is 20.8. The molecule has 0 saturated heterocycles. The van der Waals surface area contributed by atoms with Crippen LogP contribution in [0.5, 0.6) is 0 Å². The zero-order valence-electron chi connectivity index (χ0n) is 16.6. The minimum absolute atomic E-state index is 0.155. The van der Waals surface area contributed by atoms with Crippen molar-refractivity contribution in [2.24, 2.45) is 0 Å². The molecule has 2 aromatic rings. The van der Waals surface area contributed by atoms with E-state index in [1.54, 1.807) is 18.3 Å². The van der Waals surface area contributed by atoms with Crippen molar-refractivity contribution in [3.8, 4) is 0 Å². The summed E-state index contributed by atoms with van der Waals surface area (Å²) in [5, 5.41) is 10.4. The average molecular weight is 437 g/mol. The summed E-state index contributed by atoms with van der Waals surface area (Å²) in [7, 11) is 3.91. The number of aromatic nitrogens is 2. The van der Waals surface area contributed by atoms with Gasteiger partial charge in [-0.05, 0) is 49.4 Å². The Morgan fingerprint density at radius 1 is 1.14 bits per heavy atom. The van der Waals surface area contributed by atoms with E-state index in [1.165, 1.54) is 0 Å². The molecular formula is C20H26Cl2N6O. The Labute approximate surface area is 181 Å². The summed E-state index contributed by atoms with van der Waals surface area (Å²) in [4.78, 5) is 23.0. The topological polar surface area (TPSA) is 82.2 Å². The number of amides is 2. The molecule has 156 valence electrons. The second-order valence-corrected chi connectivity index (χ2v) is 8.23. The zero-order valence-corrected chi connectivity index (χ0v) is 18.1. The van der Waals surface area contributed by atoms with Crippen molar-refractivity contribution in [3.05, 3.63) is 46.1 Å². The molecule has 1 aliphatic rings. The molecule has 0 radical (unpaired) electrons. The Kier molecular flexibility index (Phi) is 7.39. The quantitative estimate of drug-likeness (QED) is 0.635. The smallest absolute Gasteiger partial charge is 0.315 e. The third-order valence-corrected chi connectivity index (χ3v) is 5.54. The molecule has 0 bridgehead atoms. The molecule has 0 unspecified atom stereocenters. The number of nitrogens with zero attached hydrogens (tertiary/aromatic N) is 3. The molecule has 2 amide bonds. The second kappa shape index (κ2) is 9.98. The lowest BCUT2D eigenvalue weighted by atomic mass is 9.91. The summed E-state index contributed by atoms with van der Waals surface area (Å²) >= 11 is 12.0. The molecule has 0 aliphatic heterocycles. The van der Waals surface area contributed by atoms with Crippen LogP contribution in [-0.2, 0) is 6.54 Å². The van der Waals surface area contributed by atoms with E-state index in [4.69, 9.17) is 23.2 Å². The number of halogens is 2. The summed E-state index contributed by atoms with van der Waals surface area (Å²) in [6, 6.07) is 7.40. The molecule has 0 atom stereocenters. The first-order chi connectivity index (χ1) is 13.9. The van der Waals surface area contributed by atoms with Crippen molar-refractivity contribution in [3.63, 3.8) is 0 Å². The van der Waals surface area contributed by atoms with Crippen molar-refractivity contribution in [2.45, 2.75) is 44.3 Å². The fraction of sp³-hybridized carbons (Fsp3) is 0.450. The van der Waals surface area contributed by atoms with Gasteiger partial charge in [-0.15, -0.1) is 0 Å². The molecule has 3 N–H and O–H groups in total. The largest absolute Gasteiger partial charge is 0.363 e. The Balaban J connectivity index is 1.41. The number of nitrogens with one attached hydrogen (secondary N) is 3. The first kappa shape index (κ1) is 21.5. The predicted molar refractivity (Wildman–Crippen MR) is 118 cm³/mol. The van der Waals surface area contributed by atoms with Crippen LogP contribution in [0.4, 0.5) is 16.6 Å². The monoisotopic (exact) mass is 436 g/mol. The van der Waals surface area contributed by atoms with Crippen LogP contribution in [-0.4, -0.2) is 42.2 Å². The van der Waals surface area contributed by atoms with Gasteiger partial charge in [0.15, 0.2) is 0 Å². The maximum Gasteiger partial charge on any atom is 0.315 e. The van der Waals surface area contributed by atoms with Crippen LogP contribution >= 0.6 is 23.2 Å². The third kappa shape index (κ3) is 6.37.